The van der Waals surface area contributed by atoms with Gasteiger partial charge in [-0.3, -0.25) is 14.5 Å². The Morgan fingerprint density at radius 1 is 0.478 bits per heavy atom. The molecule has 0 aromatic rings. The zero-order chi connectivity index (χ0) is 48.7. The van der Waals surface area contributed by atoms with Crippen LogP contribution in [0.1, 0.15) is 195 Å². The van der Waals surface area contributed by atoms with Crippen LogP contribution in [0.15, 0.2) is 0 Å². The van der Waals surface area contributed by atoms with Gasteiger partial charge in [-0.05, 0) is 71.5 Å². The van der Waals surface area contributed by atoms with Gasteiger partial charge in [0, 0.05) is 78.5 Å². The highest BCUT2D eigenvalue weighted by Gasteiger charge is 2.22. The van der Waals surface area contributed by atoms with Crippen molar-refractivity contribution in [2.75, 3.05) is 125 Å². The average Bonchev–Trinajstić information content (AvgIpc) is 3.32. The monoisotopic (exact) mass is 958 g/mol. The Morgan fingerprint density at radius 3 is 1.22 bits per heavy atom. The molecular formula is C54H107N3O10. The lowest BCUT2D eigenvalue weighted by atomic mass is 10.1. The van der Waals surface area contributed by atoms with Crippen LogP contribution >= 0.6 is 0 Å². The number of aliphatic hydroxyl groups excluding tert-OH is 1. The van der Waals surface area contributed by atoms with Crippen molar-refractivity contribution in [1.29, 1.82) is 0 Å². The normalized spacial score (nSPS) is 14.2. The minimum atomic E-state index is -0.365. The van der Waals surface area contributed by atoms with Gasteiger partial charge in [0.15, 0.2) is 0 Å². The van der Waals surface area contributed by atoms with E-state index in [-0.39, 0.29) is 36.9 Å². The zero-order valence-corrected chi connectivity index (χ0v) is 44.3. The summed E-state index contributed by atoms with van der Waals surface area (Å²) in [7, 11) is 2.18. The number of carbonyl (C=O) groups excluding carboxylic acids is 2. The molecule has 1 aliphatic rings. The molecule has 1 N–H and O–H groups in total. The summed E-state index contributed by atoms with van der Waals surface area (Å²) in [5.74, 6) is -0.331. The summed E-state index contributed by atoms with van der Waals surface area (Å²) in [6, 6.07) is 0. The number of esters is 2. The molecule has 13 nitrogen and oxygen atoms in total. The van der Waals surface area contributed by atoms with Crippen molar-refractivity contribution in [3.05, 3.63) is 0 Å². The van der Waals surface area contributed by atoms with Crippen LogP contribution in [-0.4, -0.2) is 176 Å². The van der Waals surface area contributed by atoms with Gasteiger partial charge in [-0.2, -0.15) is 0 Å². The predicted molar refractivity (Wildman–Crippen MR) is 273 cm³/mol. The van der Waals surface area contributed by atoms with Crippen LogP contribution in [0.2, 0.25) is 0 Å². The number of likely N-dealkylation sites (N-methyl/N-ethyl adjacent to an activating group) is 1. The van der Waals surface area contributed by atoms with E-state index in [0.29, 0.717) is 72.3 Å². The van der Waals surface area contributed by atoms with E-state index in [0.717, 1.165) is 155 Å². The number of unbranched alkanes of at least 4 members (excludes halogenated alkanes) is 18. The van der Waals surface area contributed by atoms with E-state index in [1.807, 2.05) is 0 Å². The highest BCUT2D eigenvalue weighted by Crippen LogP contribution is 2.14. The van der Waals surface area contributed by atoms with Gasteiger partial charge in [-0.25, -0.2) is 0 Å². The van der Waals surface area contributed by atoms with E-state index >= 15 is 0 Å². The first-order valence-corrected chi connectivity index (χ1v) is 27.9. The number of ether oxygens (including phenoxy) is 7. The summed E-state index contributed by atoms with van der Waals surface area (Å²) in [5.41, 5.74) is 0. The van der Waals surface area contributed by atoms with Gasteiger partial charge >= 0.3 is 11.9 Å². The van der Waals surface area contributed by atoms with Crippen LogP contribution in [0.25, 0.3) is 0 Å². The van der Waals surface area contributed by atoms with E-state index < -0.39 is 0 Å². The van der Waals surface area contributed by atoms with Gasteiger partial charge in [-0.1, -0.05) is 130 Å². The van der Waals surface area contributed by atoms with Crippen LogP contribution in [0, 0.1) is 0 Å². The molecule has 398 valence electrons. The van der Waals surface area contributed by atoms with Crippen molar-refractivity contribution in [3.8, 4) is 0 Å². The fourth-order valence-corrected chi connectivity index (χ4v) is 8.30. The average molecular weight is 958 g/mol. The van der Waals surface area contributed by atoms with Crippen molar-refractivity contribution in [2.45, 2.75) is 213 Å². The van der Waals surface area contributed by atoms with Gasteiger partial charge < -0.3 is 48.1 Å². The van der Waals surface area contributed by atoms with Crippen molar-refractivity contribution < 1.29 is 47.9 Å². The smallest absolute Gasteiger partial charge is 0.306 e. The third kappa shape index (κ3) is 41.0. The number of aliphatic hydroxyl groups is 1. The number of carbonyl (C=O) groups is 2. The molecular weight excluding hydrogens is 851 g/mol. The minimum Gasteiger partial charge on any atom is -0.457 e. The van der Waals surface area contributed by atoms with Crippen LogP contribution < -0.4 is 0 Å². The quantitative estimate of drug-likeness (QED) is 0.0459. The Kier molecular flexibility index (Phi) is 45.8. The molecule has 1 heterocycles. The van der Waals surface area contributed by atoms with Crippen LogP contribution in [-0.2, 0) is 42.7 Å². The molecule has 13 heteroatoms. The van der Waals surface area contributed by atoms with Gasteiger partial charge in [0.25, 0.3) is 0 Å². The summed E-state index contributed by atoms with van der Waals surface area (Å²) in [4.78, 5) is 33.3. The zero-order valence-electron chi connectivity index (χ0n) is 44.3. The van der Waals surface area contributed by atoms with Gasteiger partial charge in [0.2, 0.25) is 0 Å². The second kappa shape index (κ2) is 48.2. The molecule has 0 aliphatic carbocycles. The highest BCUT2D eigenvalue weighted by atomic mass is 16.6. The maximum atomic E-state index is 12.9. The molecule has 0 aromatic heterocycles. The topological polar surface area (TPSA) is 129 Å². The second-order valence-electron chi connectivity index (χ2n) is 19.2. The molecule has 1 aliphatic heterocycles. The van der Waals surface area contributed by atoms with Gasteiger partial charge in [0.1, 0.15) is 12.2 Å². The maximum absolute atomic E-state index is 12.9. The Hall–Kier alpha value is -1.42. The fourth-order valence-electron chi connectivity index (χ4n) is 8.30. The number of nitrogens with zero attached hydrogens (tertiary/aromatic N) is 3. The Bertz CT molecular complexity index is 975. The Balaban J connectivity index is 2.65. The maximum Gasteiger partial charge on any atom is 0.306 e. The lowest BCUT2D eigenvalue weighted by Gasteiger charge is -2.36. The summed E-state index contributed by atoms with van der Waals surface area (Å²) in [6.07, 6.45) is 26.2. The molecule has 0 bridgehead atoms. The molecule has 1 atom stereocenters. The van der Waals surface area contributed by atoms with Gasteiger partial charge in [-0.15, -0.1) is 0 Å². The summed E-state index contributed by atoms with van der Waals surface area (Å²) < 4.78 is 41.7. The first kappa shape index (κ1) is 63.6. The van der Waals surface area contributed by atoms with E-state index in [1.165, 1.54) is 51.4 Å². The molecule has 0 spiro atoms. The minimum absolute atomic E-state index is 0.0158. The lowest BCUT2D eigenvalue weighted by molar-refractivity contribution is -0.157. The summed E-state index contributed by atoms with van der Waals surface area (Å²) in [5, 5.41) is 9.66. The number of hydrogen-bond donors (Lipinski definition) is 1. The second-order valence-corrected chi connectivity index (χ2v) is 19.2. The highest BCUT2D eigenvalue weighted by molar-refractivity contribution is 5.69. The fraction of sp³-hybridized carbons (Fsp3) is 0.963. The standard InChI is InChI=1S/C54H107N3O10/c1-6-10-14-26-39-61-46-51(47-62-40-27-15-11-7-2)66-53(59)30-22-18-20-24-32-56(44-50(65-43-38-58)45-57-36-34-55(5)35-37-57)33-25-21-19-23-31-54(60)67-52(48-63-41-28-16-12-8-3)49-64-42-29-17-13-9-4/h50-52,58H,6-49H2,1-5H3. The molecule has 1 saturated heterocycles. The molecule has 0 saturated carbocycles. The van der Waals surface area contributed by atoms with Crippen LogP contribution in [0.5, 0.6) is 0 Å². The predicted octanol–water partition coefficient (Wildman–Crippen LogP) is 10.0. The van der Waals surface area contributed by atoms with E-state index in [4.69, 9.17) is 33.2 Å². The third-order valence-corrected chi connectivity index (χ3v) is 12.6. The van der Waals surface area contributed by atoms with Crippen molar-refractivity contribution in [2.24, 2.45) is 0 Å². The molecule has 1 fully saturated rings. The molecule has 0 radical (unpaired) electrons. The van der Waals surface area contributed by atoms with E-state index in [9.17, 15) is 14.7 Å². The van der Waals surface area contributed by atoms with Crippen LogP contribution in [0.4, 0.5) is 0 Å². The SMILES string of the molecule is CCCCCCOCC(COCCCCCC)OC(=O)CCCCCCN(CCCCCCC(=O)OC(COCCCCCC)COCCCCCC)CC(CN1CCN(C)CC1)OCCO. The molecule has 0 amide bonds. The van der Waals surface area contributed by atoms with Crippen molar-refractivity contribution in [3.63, 3.8) is 0 Å². The van der Waals surface area contributed by atoms with Crippen LogP contribution in [0.3, 0.4) is 0 Å². The number of piperazine rings is 1. The van der Waals surface area contributed by atoms with Crippen molar-refractivity contribution in [1.82, 2.24) is 14.7 Å². The Morgan fingerprint density at radius 2 is 0.851 bits per heavy atom. The largest absolute Gasteiger partial charge is 0.457 e. The van der Waals surface area contributed by atoms with Crippen molar-refractivity contribution >= 4 is 11.9 Å². The van der Waals surface area contributed by atoms with Gasteiger partial charge in [0.05, 0.1) is 45.7 Å². The summed E-state index contributed by atoms with van der Waals surface area (Å²) >= 11 is 0. The number of rotatable bonds is 51. The lowest BCUT2D eigenvalue weighted by Crippen LogP contribution is -2.49. The van der Waals surface area contributed by atoms with E-state index in [1.54, 1.807) is 0 Å². The first-order valence-electron chi connectivity index (χ1n) is 27.9. The third-order valence-electron chi connectivity index (χ3n) is 12.6. The van der Waals surface area contributed by atoms with E-state index in [2.05, 4.69) is 49.4 Å². The molecule has 0 aromatic carbocycles. The first-order chi connectivity index (χ1) is 32.8. The molecule has 1 rings (SSSR count). The number of hydrogen-bond acceptors (Lipinski definition) is 13. The molecule has 1 unspecified atom stereocenters. The Labute approximate surface area is 411 Å². The molecule has 67 heavy (non-hydrogen) atoms. The summed E-state index contributed by atoms with van der Waals surface area (Å²) in [6.45, 7) is 21.2.